The summed E-state index contributed by atoms with van der Waals surface area (Å²) in [6, 6.07) is 2.76. The van der Waals surface area contributed by atoms with Crippen LogP contribution in [0.1, 0.15) is 20.3 Å². The number of nitro benzene ring substituents is 1. The summed E-state index contributed by atoms with van der Waals surface area (Å²) in [5.74, 6) is -0.310. The molecule has 1 aliphatic rings. The van der Waals surface area contributed by atoms with Gasteiger partial charge < -0.3 is 14.6 Å². The van der Waals surface area contributed by atoms with Crippen LogP contribution < -0.4 is 10.5 Å². The van der Waals surface area contributed by atoms with Gasteiger partial charge in [-0.15, -0.1) is 0 Å². The highest BCUT2D eigenvalue weighted by Crippen LogP contribution is 2.39. The van der Waals surface area contributed by atoms with Crippen molar-refractivity contribution in [1.29, 1.82) is 0 Å². The second kappa shape index (κ2) is 6.15. The van der Waals surface area contributed by atoms with Crippen molar-refractivity contribution in [1.82, 2.24) is 9.97 Å². The van der Waals surface area contributed by atoms with Crippen LogP contribution in [-0.4, -0.2) is 40.6 Å². The normalized spacial score (nSPS) is 20.0. The number of hydrogen-bond acceptors (Lipinski definition) is 7. The number of carbonyl (C=O) groups is 1. The van der Waals surface area contributed by atoms with E-state index in [-0.39, 0.29) is 23.6 Å². The minimum absolute atomic E-state index is 0.158. The molecule has 1 saturated heterocycles. The molecule has 0 saturated carbocycles. The van der Waals surface area contributed by atoms with Gasteiger partial charge in [0.15, 0.2) is 0 Å². The van der Waals surface area contributed by atoms with Crippen LogP contribution in [0.5, 0.6) is 0 Å². The van der Waals surface area contributed by atoms with E-state index in [0.717, 1.165) is 0 Å². The van der Waals surface area contributed by atoms with E-state index in [1.165, 1.54) is 18.5 Å². The van der Waals surface area contributed by atoms with E-state index in [9.17, 15) is 19.7 Å². The second-order valence-electron chi connectivity index (χ2n) is 6.30. The molecule has 1 atom stereocenters. The quantitative estimate of drug-likeness (QED) is 0.507. The first kappa shape index (κ1) is 16.9. The van der Waals surface area contributed by atoms with Gasteiger partial charge in [0.25, 0.3) is 11.2 Å². The van der Waals surface area contributed by atoms with E-state index in [1.807, 2.05) is 0 Å². The summed E-state index contributed by atoms with van der Waals surface area (Å²) < 4.78 is 5.12. The molecule has 1 N–H and O–H groups in total. The van der Waals surface area contributed by atoms with Gasteiger partial charge in [-0.2, -0.15) is 0 Å². The van der Waals surface area contributed by atoms with Gasteiger partial charge in [0.05, 0.1) is 34.2 Å². The summed E-state index contributed by atoms with van der Waals surface area (Å²) in [5.41, 5.74) is -0.616. The first-order valence-electron chi connectivity index (χ1n) is 7.94. The van der Waals surface area contributed by atoms with Gasteiger partial charge in [-0.25, -0.2) is 4.98 Å². The zero-order valence-corrected chi connectivity index (χ0v) is 13.9. The third-order valence-electron chi connectivity index (χ3n) is 4.52. The van der Waals surface area contributed by atoms with Crippen LogP contribution in [0.3, 0.4) is 0 Å². The summed E-state index contributed by atoms with van der Waals surface area (Å²) >= 11 is 0. The lowest BCUT2D eigenvalue weighted by molar-refractivity contribution is -0.384. The Labute approximate surface area is 142 Å². The predicted molar refractivity (Wildman–Crippen MR) is 90.6 cm³/mol. The van der Waals surface area contributed by atoms with Gasteiger partial charge in [-0.1, -0.05) is 0 Å². The fourth-order valence-corrected chi connectivity index (χ4v) is 3.13. The maximum atomic E-state index is 12.2. The molecule has 1 aromatic heterocycles. The molecule has 2 aromatic rings. The minimum atomic E-state index is -0.722. The Balaban J connectivity index is 2.04. The molecule has 132 valence electrons. The topological polar surface area (TPSA) is 118 Å². The molecule has 9 nitrogen and oxygen atoms in total. The molecule has 2 heterocycles. The Morgan fingerprint density at radius 1 is 1.52 bits per heavy atom. The maximum absolute atomic E-state index is 12.2. The van der Waals surface area contributed by atoms with Crippen LogP contribution in [0.4, 0.5) is 11.4 Å². The van der Waals surface area contributed by atoms with Gasteiger partial charge in [0.1, 0.15) is 5.69 Å². The van der Waals surface area contributed by atoms with Crippen LogP contribution >= 0.6 is 0 Å². The first-order chi connectivity index (χ1) is 11.9. The van der Waals surface area contributed by atoms with Crippen molar-refractivity contribution in [2.24, 2.45) is 5.41 Å². The lowest BCUT2D eigenvalue weighted by Crippen LogP contribution is -2.33. The molecule has 0 aliphatic carbocycles. The fourth-order valence-electron chi connectivity index (χ4n) is 3.13. The Morgan fingerprint density at radius 3 is 2.96 bits per heavy atom. The molecule has 3 rings (SSSR count). The third-order valence-corrected chi connectivity index (χ3v) is 4.52. The standard InChI is InChI=1S/C16H18N4O5/c1-3-25-15(22)16(2)4-5-19(8-16)12-7-11-10(6-13(12)20(23)24)14(21)18-9-17-11/h6-7,9H,3-5,8H2,1-2H3,(H,17,18,21). The maximum Gasteiger partial charge on any atom is 0.313 e. The van der Waals surface area contributed by atoms with Crippen molar-refractivity contribution in [2.45, 2.75) is 20.3 Å². The lowest BCUT2D eigenvalue weighted by atomic mass is 9.90. The number of anilines is 1. The van der Waals surface area contributed by atoms with E-state index >= 15 is 0 Å². The molecule has 1 unspecified atom stereocenters. The Hall–Kier alpha value is -2.97. The zero-order chi connectivity index (χ0) is 18.2. The highest BCUT2D eigenvalue weighted by molar-refractivity contribution is 5.87. The van der Waals surface area contributed by atoms with Crippen molar-refractivity contribution >= 4 is 28.2 Å². The number of aromatic amines is 1. The van der Waals surface area contributed by atoms with Crippen LogP contribution in [0.15, 0.2) is 23.3 Å². The third kappa shape index (κ3) is 2.92. The fraction of sp³-hybridized carbons (Fsp3) is 0.438. The van der Waals surface area contributed by atoms with Crippen molar-refractivity contribution in [3.8, 4) is 0 Å². The van der Waals surface area contributed by atoms with E-state index in [0.29, 0.717) is 30.7 Å². The molecule has 9 heteroatoms. The smallest absolute Gasteiger partial charge is 0.313 e. The molecular weight excluding hydrogens is 328 g/mol. The van der Waals surface area contributed by atoms with Crippen molar-refractivity contribution < 1.29 is 14.5 Å². The Morgan fingerprint density at radius 2 is 2.28 bits per heavy atom. The summed E-state index contributed by atoms with van der Waals surface area (Å²) in [7, 11) is 0. The number of hydrogen-bond donors (Lipinski definition) is 1. The Bertz CT molecular complexity index is 909. The summed E-state index contributed by atoms with van der Waals surface area (Å²) in [6.45, 7) is 4.61. The van der Waals surface area contributed by atoms with E-state index < -0.39 is 15.9 Å². The summed E-state index contributed by atoms with van der Waals surface area (Å²) in [6.07, 6.45) is 1.79. The molecule has 1 aliphatic heterocycles. The number of nitrogens with one attached hydrogen (secondary N) is 1. The van der Waals surface area contributed by atoms with Crippen molar-refractivity contribution in [3.63, 3.8) is 0 Å². The monoisotopic (exact) mass is 346 g/mol. The van der Waals surface area contributed by atoms with Gasteiger partial charge >= 0.3 is 5.97 Å². The molecule has 0 radical (unpaired) electrons. The largest absolute Gasteiger partial charge is 0.466 e. The minimum Gasteiger partial charge on any atom is -0.466 e. The van der Waals surface area contributed by atoms with Crippen molar-refractivity contribution in [3.05, 3.63) is 38.9 Å². The summed E-state index contributed by atoms with van der Waals surface area (Å²) in [4.78, 5) is 43.3. The number of H-pyrrole nitrogens is 1. The average Bonchev–Trinajstić information content (AvgIpc) is 2.98. The Kier molecular flexibility index (Phi) is 4.15. The van der Waals surface area contributed by atoms with E-state index in [1.54, 1.807) is 18.7 Å². The van der Waals surface area contributed by atoms with E-state index in [4.69, 9.17) is 4.74 Å². The van der Waals surface area contributed by atoms with Crippen LogP contribution in [0.25, 0.3) is 10.9 Å². The highest BCUT2D eigenvalue weighted by Gasteiger charge is 2.43. The molecule has 0 spiro atoms. The molecule has 25 heavy (non-hydrogen) atoms. The zero-order valence-electron chi connectivity index (χ0n) is 13.9. The van der Waals surface area contributed by atoms with Crippen LogP contribution in [0, 0.1) is 15.5 Å². The number of nitro groups is 1. The number of benzene rings is 1. The number of fused-ring (bicyclic) bond motifs is 1. The van der Waals surface area contributed by atoms with Gasteiger partial charge in [0.2, 0.25) is 0 Å². The van der Waals surface area contributed by atoms with Gasteiger partial charge in [-0.05, 0) is 26.3 Å². The second-order valence-corrected chi connectivity index (χ2v) is 6.30. The number of nitrogens with zero attached hydrogens (tertiary/aromatic N) is 3. The predicted octanol–water partition coefficient (Wildman–Crippen LogP) is 1.61. The molecule has 1 fully saturated rings. The molecule has 0 bridgehead atoms. The van der Waals surface area contributed by atoms with E-state index in [2.05, 4.69) is 9.97 Å². The van der Waals surface area contributed by atoms with Crippen LogP contribution in [-0.2, 0) is 9.53 Å². The summed E-state index contributed by atoms with van der Waals surface area (Å²) in [5, 5.41) is 11.6. The number of esters is 1. The van der Waals surface area contributed by atoms with Crippen molar-refractivity contribution in [2.75, 3.05) is 24.6 Å². The molecule has 0 amide bonds. The SMILES string of the molecule is CCOC(=O)C1(C)CCN(c2cc3nc[nH]c(=O)c3cc2[N+](=O)[O-])C1. The number of ether oxygens (including phenoxy) is 1. The molecular formula is C16H18N4O5. The first-order valence-corrected chi connectivity index (χ1v) is 7.94. The van der Waals surface area contributed by atoms with Gasteiger partial charge in [-0.3, -0.25) is 19.7 Å². The lowest BCUT2D eigenvalue weighted by Gasteiger charge is -2.23. The highest BCUT2D eigenvalue weighted by atomic mass is 16.6. The van der Waals surface area contributed by atoms with Crippen LogP contribution in [0.2, 0.25) is 0 Å². The number of carbonyl (C=O) groups excluding carboxylic acids is 1. The average molecular weight is 346 g/mol. The number of rotatable bonds is 4. The molecule has 1 aromatic carbocycles. The number of aromatic nitrogens is 2. The van der Waals surface area contributed by atoms with Gasteiger partial charge in [0, 0.05) is 19.2 Å².